The molecule has 0 saturated heterocycles. The minimum atomic E-state index is -0.852. The highest BCUT2D eigenvalue weighted by Gasteiger charge is 2.38. The van der Waals surface area contributed by atoms with Gasteiger partial charge in [0.25, 0.3) is 0 Å². The van der Waals surface area contributed by atoms with Crippen LogP contribution in [-0.2, 0) is 19.1 Å². The average Bonchev–Trinajstić information content (AvgIpc) is 3.04. The second-order valence-electron chi connectivity index (χ2n) is 9.88. The first-order chi connectivity index (χ1) is 20.4. The van der Waals surface area contributed by atoms with Crippen molar-refractivity contribution in [3.05, 3.63) is 156 Å². The monoisotopic (exact) mass is 576 g/mol. The van der Waals surface area contributed by atoms with Gasteiger partial charge in [-0.15, -0.1) is 11.8 Å². The van der Waals surface area contributed by atoms with Gasteiger partial charge >= 0.3 is 5.97 Å². The summed E-state index contributed by atoms with van der Waals surface area (Å²) >= 11 is 1.59. The number of nitrogens with zero attached hydrogens (tertiary/aromatic N) is 1. The summed E-state index contributed by atoms with van der Waals surface area (Å²) in [5.74, 6) is -0.578. The number of carbonyl (C=O) groups excluding carboxylic acids is 2. The van der Waals surface area contributed by atoms with Crippen molar-refractivity contribution in [2.75, 3.05) is 31.9 Å². The first kappa shape index (κ1) is 30.4. The van der Waals surface area contributed by atoms with Crippen molar-refractivity contribution >= 4 is 35.4 Å². The molecule has 0 radical (unpaired) electrons. The van der Waals surface area contributed by atoms with Crippen molar-refractivity contribution in [3.8, 4) is 0 Å². The Labute approximate surface area is 252 Å². The molecule has 4 aromatic rings. The fourth-order valence-electron chi connectivity index (χ4n) is 4.70. The SMILES string of the molecule is COC(=O)[C@@H](CSC(c1ccccc1)(c1ccccc1)c1ccccc1)NC(=O)C=CC=Cc1ccc(N(C)C)cc1. The van der Waals surface area contributed by atoms with Crippen molar-refractivity contribution in [2.45, 2.75) is 10.8 Å². The maximum Gasteiger partial charge on any atom is 0.329 e. The third kappa shape index (κ3) is 7.59. The molecule has 1 atom stereocenters. The number of carbonyl (C=O) groups is 2. The van der Waals surface area contributed by atoms with Crippen LogP contribution in [0, 0.1) is 0 Å². The van der Waals surface area contributed by atoms with Gasteiger partial charge in [-0.25, -0.2) is 4.79 Å². The van der Waals surface area contributed by atoms with E-state index in [1.54, 1.807) is 23.9 Å². The van der Waals surface area contributed by atoms with Crippen LogP contribution in [0.4, 0.5) is 5.69 Å². The number of thioether (sulfide) groups is 1. The Balaban J connectivity index is 1.55. The Bertz CT molecular complexity index is 1390. The van der Waals surface area contributed by atoms with Gasteiger partial charge in [-0.3, -0.25) is 4.79 Å². The smallest absolute Gasteiger partial charge is 0.329 e. The Morgan fingerprint density at radius 3 is 1.74 bits per heavy atom. The van der Waals surface area contributed by atoms with Crippen molar-refractivity contribution in [2.24, 2.45) is 0 Å². The van der Waals surface area contributed by atoms with Gasteiger partial charge in [-0.2, -0.15) is 0 Å². The number of allylic oxidation sites excluding steroid dienone is 2. The number of nitrogens with one attached hydrogen (secondary N) is 1. The lowest BCUT2D eigenvalue weighted by Crippen LogP contribution is -2.43. The summed E-state index contributed by atoms with van der Waals surface area (Å²) in [5.41, 5.74) is 5.36. The average molecular weight is 577 g/mol. The largest absolute Gasteiger partial charge is 0.467 e. The zero-order valence-electron chi connectivity index (χ0n) is 24.1. The predicted molar refractivity (Wildman–Crippen MR) is 175 cm³/mol. The van der Waals surface area contributed by atoms with E-state index in [0.29, 0.717) is 5.75 Å². The fraction of sp³-hybridized carbons (Fsp3) is 0.167. The number of esters is 1. The van der Waals surface area contributed by atoms with Gasteiger partial charge in [0.2, 0.25) is 5.91 Å². The van der Waals surface area contributed by atoms with E-state index in [1.165, 1.54) is 13.2 Å². The van der Waals surface area contributed by atoms with Gasteiger partial charge < -0.3 is 15.0 Å². The molecule has 0 heterocycles. The molecule has 1 N–H and O–H groups in total. The Kier molecular flexibility index (Phi) is 10.8. The predicted octanol–water partition coefficient (Wildman–Crippen LogP) is 6.71. The molecule has 4 aromatic carbocycles. The summed E-state index contributed by atoms with van der Waals surface area (Å²) in [6, 6.07) is 37.9. The van der Waals surface area contributed by atoms with Gasteiger partial charge in [0.05, 0.1) is 11.9 Å². The molecule has 5 nitrogen and oxygen atoms in total. The summed E-state index contributed by atoms with van der Waals surface area (Å²) in [6.07, 6.45) is 6.81. The van der Waals surface area contributed by atoms with E-state index in [4.69, 9.17) is 4.74 Å². The van der Waals surface area contributed by atoms with Crippen LogP contribution in [0.2, 0.25) is 0 Å². The zero-order valence-corrected chi connectivity index (χ0v) is 25.0. The molecule has 0 spiro atoms. The van der Waals surface area contributed by atoms with Crippen LogP contribution < -0.4 is 10.2 Å². The third-order valence-electron chi connectivity index (χ3n) is 6.87. The number of ether oxygens (including phenoxy) is 1. The van der Waals surface area contributed by atoms with Gasteiger partial charge in [0, 0.05) is 31.6 Å². The van der Waals surface area contributed by atoms with E-state index in [0.717, 1.165) is 27.9 Å². The number of amides is 1. The molecule has 214 valence electrons. The minimum Gasteiger partial charge on any atom is -0.467 e. The van der Waals surface area contributed by atoms with Gasteiger partial charge in [-0.1, -0.05) is 121 Å². The topological polar surface area (TPSA) is 58.6 Å². The molecule has 6 heteroatoms. The zero-order chi connectivity index (χ0) is 29.8. The van der Waals surface area contributed by atoms with E-state index in [2.05, 4.69) is 41.7 Å². The molecule has 0 saturated carbocycles. The molecule has 0 fully saturated rings. The number of benzene rings is 4. The van der Waals surface area contributed by atoms with E-state index < -0.39 is 16.8 Å². The van der Waals surface area contributed by atoms with Crippen molar-refractivity contribution in [1.29, 1.82) is 0 Å². The highest BCUT2D eigenvalue weighted by Crippen LogP contribution is 2.48. The normalized spacial score (nSPS) is 12.3. The number of methoxy groups -OCH3 is 1. The summed E-state index contributed by atoms with van der Waals surface area (Å²) in [7, 11) is 5.33. The first-order valence-electron chi connectivity index (χ1n) is 13.7. The van der Waals surface area contributed by atoms with Crippen molar-refractivity contribution < 1.29 is 14.3 Å². The van der Waals surface area contributed by atoms with Crippen LogP contribution in [-0.4, -0.2) is 44.9 Å². The lowest BCUT2D eigenvalue weighted by Gasteiger charge is -2.36. The lowest BCUT2D eigenvalue weighted by molar-refractivity contribution is -0.143. The van der Waals surface area contributed by atoms with Gasteiger partial charge in [0.15, 0.2) is 0 Å². The minimum absolute atomic E-state index is 0.291. The molecule has 4 rings (SSSR count). The van der Waals surface area contributed by atoms with Crippen LogP contribution >= 0.6 is 11.8 Å². The molecular weight excluding hydrogens is 540 g/mol. The summed E-state index contributed by atoms with van der Waals surface area (Å²) in [5, 5.41) is 2.85. The van der Waals surface area contributed by atoms with Crippen LogP contribution in [0.25, 0.3) is 6.08 Å². The molecule has 0 unspecified atom stereocenters. The molecule has 0 aliphatic carbocycles. The van der Waals surface area contributed by atoms with Gasteiger partial charge in [-0.05, 0) is 34.4 Å². The second-order valence-corrected chi connectivity index (χ2v) is 11.1. The molecule has 0 aliphatic rings. The molecule has 42 heavy (non-hydrogen) atoms. The molecule has 0 aliphatic heterocycles. The Morgan fingerprint density at radius 2 is 1.29 bits per heavy atom. The maximum atomic E-state index is 12.9. The number of hydrogen-bond acceptors (Lipinski definition) is 5. The lowest BCUT2D eigenvalue weighted by atomic mass is 9.84. The summed E-state index contributed by atoms with van der Waals surface area (Å²) in [6.45, 7) is 0. The molecular formula is C36H36N2O3S. The summed E-state index contributed by atoms with van der Waals surface area (Å²) < 4.78 is 4.47. The van der Waals surface area contributed by atoms with Crippen LogP contribution in [0.1, 0.15) is 22.3 Å². The molecule has 0 bridgehead atoms. The fourth-order valence-corrected chi connectivity index (χ4v) is 6.25. The number of rotatable bonds is 12. The maximum absolute atomic E-state index is 12.9. The number of anilines is 1. The second kappa shape index (κ2) is 14.9. The Morgan fingerprint density at radius 1 is 0.786 bits per heavy atom. The number of hydrogen-bond donors (Lipinski definition) is 1. The van der Waals surface area contributed by atoms with Crippen LogP contribution in [0.3, 0.4) is 0 Å². The van der Waals surface area contributed by atoms with Crippen LogP contribution in [0.15, 0.2) is 133 Å². The highest BCUT2D eigenvalue weighted by atomic mass is 32.2. The van der Waals surface area contributed by atoms with E-state index >= 15 is 0 Å². The van der Waals surface area contributed by atoms with E-state index in [1.807, 2.05) is 104 Å². The van der Waals surface area contributed by atoms with Gasteiger partial charge in [0.1, 0.15) is 6.04 Å². The standard InChI is InChI=1S/C36H36N2O3S/c1-38(2)32-25-23-28(24-26-32)15-13-14-22-34(39)37-33(35(40)41-3)27-42-36(29-16-7-4-8-17-29,30-18-9-5-10-19-30)31-20-11-6-12-21-31/h4-26,33H,27H2,1-3H3,(H,37,39)/t33-/m1/s1. The van der Waals surface area contributed by atoms with Crippen molar-refractivity contribution in [3.63, 3.8) is 0 Å². The van der Waals surface area contributed by atoms with Crippen LogP contribution in [0.5, 0.6) is 0 Å². The quantitative estimate of drug-likeness (QED) is 0.0880. The Hall–Kier alpha value is -4.55. The van der Waals surface area contributed by atoms with Crippen molar-refractivity contribution in [1.82, 2.24) is 5.32 Å². The van der Waals surface area contributed by atoms with E-state index in [-0.39, 0.29) is 5.91 Å². The molecule has 0 aromatic heterocycles. The highest BCUT2D eigenvalue weighted by molar-refractivity contribution is 8.00. The summed E-state index contributed by atoms with van der Waals surface area (Å²) in [4.78, 5) is 27.8. The third-order valence-corrected chi connectivity index (χ3v) is 8.51. The first-order valence-corrected chi connectivity index (χ1v) is 14.7. The van der Waals surface area contributed by atoms with E-state index in [9.17, 15) is 9.59 Å². The molecule has 1 amide bonds.